The first-order chi connectivity index (χ1) is 20.4. The second-order valence-electron chi connectivity index (χ2n) is 11.0. The molecule has 0 bridgehead atoms. The van der Waals surface area contributed by atoms with Gasteiger partial charge in [0.1, 0.15) is 11.6 Å². The first-order valence-corrected chi connectivity index (χ1v) is 15.0. The fourth-order valence-electron chi connectivity index (χ4n) is 5.73. The molecule has 6 rings (SSSR count). The molecule has 4 heterocycles. The van der Waals surface area contributed by atoms with Crippen molar-refractivity contribution in [1.29, 1.82) is 0 Å². The number of carbonyl (C=O) groups excluding carboxylic acids is 2. The predicted molar refractivity (Wildman–Crippen MR) is 163 cm³/mol. The van der Waals surface area contributed by atoms with Crippen molar-refractivity contribution in [3.63, 3.8) is 0 Å². The molecule has 2 aromatic carbocycles. The van der Waals surface area contributed by atoms with Crippen LogP contribution >= 0.6 is 11.6 Å². The van der Waals surface area contributed by atoms with Crippen LogP contribution in [0.5, 0.6) is 5.75 Å². The fourth-order valence-corrected chi connectivity index (χ4v) is 5.85. The molecule has 0 amide bonds. The van der Waals surface area contributed by atoms with Gasteiger partial charge in [-0.15, -0.1) is 0 Å². The predicted octanol–water partition coefficient (Wildman–Crippen LogP) is 4.86. The van der Waals surface area contributed by atoms with Crippen LogP contribution in [0.1, 0.15) is 48.5 Å². The smallest absolute Gasteiger partial charge is 0.315 e. The second-order valence-corrected chi connectivity index (χ2v) is 11.4. The Balaban J connectivity index is 1.16. The molecule has 2 aliphatic rings. The largest absolute Gasteiger partial charge is 0.426 e. The van der Waals surface area contributed by atoms with E-state index in [1.165, 1.54) is 0 Å². The molecule has 9 nitrogen and oxygen atoms in total. The molecule has 0 N–H and O–H groups in total. The van der Waals surface area contributed by atoms with Gasteiger partial charge in [0.2, 0.25) is 5.78 Å². The number of unbranched alkanes of at least 4 members (excludes halogenated alkanes) is 2. The number of piperazine rings is 1. The van der Waals surface area contributed by atoms with Crippen molar-refractivity contribution in [1.82, 2.24) is 18.9 Å². The number of aryl methyl sites for hydroxylation is 1. The third-order valence-corrected chi connectivity index (χ3v) is 8.37. The van der Waals surface area contributed by atoms with E-state index in [0.717, 1.165) is 74.6 Å². The van der Waals surface area contributed by atoms with Crippen molar-refractivity contribution in [3.8, 4) is 17.0 Å². The minimum Gasteiger partial charge on any atom is -0.426 e. The molecule has 0 spiro atoms. The van der Waals surface area contributed by atoms with Crippen LogP contribution in [0.4, 0.5) is 5.82 Å². The van der Waals surface area contributed by atoms with Gasteiger partial charge in [-0.05, 0) is 24.6 Å². The molecule has 2 aromatic heterocycles. The SMILES string of the molecule is CCCCCn1c(N2CCN(CCC(=O)c3ccc4c(c3)OC(=O)C4)CC2)cc(=O)n2cc(-c3ccc(Cl)cc3)nc12. The summed E-state index contributed by atoms with van der Waals surface area (Å²) in [6.07, 6.45) is 5.65. The van der Waals surface area contributed by atoms with Crippen molar-refractivity contribution >= 4 is 34.9 Å². The molecule has 218 valence electrons. The van der Waals surface area contributed by atoms with E-state index in [0.29, 0.717) is 35.1 Å². The molecule has 1 fully saturated rings. The molecule has 10 heteroatoms. The third kappa shape index (κ3) is 5.84. The molecular weight excluding hydrogens is 554 g/mol. The van der Waals surface area contributed by atoms with Crippen LogP contribution in [-0.4, -0.2) is 63.3 Å². The van der Waals surface area contributed by atoms with E-state index in [4.69, 9.17) is 21.3 Å². The zero-order valence-corrected chi connectivity index (χ0v) is 24.5. The highest BCUT2D eigenvalue weighted by molar-refractivity contribution is 6.30. The molecule has 2 aliphatic heterocycles. The van der Waals surface area contributed by atoms with E-state index < -0.39 is 0 Å². The van der Waals surface area contributed by atoms with Gasteiger partial charge in [-0.25, -0.2) is 4.98 Å². The molecule has 1 saturated heterocycles. The van der Waals surface area contributed by atoms with E-state index in [1.807, 2.05) is 24.3 Å². The Morgan fingerprint density at radius 1 is 0.976 bits per heavy atom. The monoisotopic (exact) mass is 587 g/mol. The first kappa shape index (κ1) is 28.2. The van der Waals surface area contributed by atoms with Crippen LogP contribution in [-0.2, 0) is 17.8 Å². The number of imidazole rings is 1. The maximum absolute atomic E-state index is 13.3. The van der Waals surface area contributed by atoms with Crippen molar-refractivity contribution < 1.29 is 14.3 Å². The molecule has 0 saturated carbocycles. The number of anilines is 1. The summed E-state index contributed by atoms with van der Waals surface area (Å²) in [4.78, 5) is 47.1. The maximum Gasteiger partial charge on any atom is 0.315 e. The number of benzene rings is 2. The summed E-state index contributed by atoms with van der Waals surface area (Å²) < 4.78 is 9.02. The van der Waals surface area contributed by atoms with Crippen LogP contribution in [0.15, 0.2) is 59.5 Å². The Labute approximate surface area is 249 Å². The quantitative estimate of drug-likeness (QED) is 0.113. The summed E-state index contributed by atoms with van der Waals surface area (Å²) in [7, 11) is 0. The van der Waals surface area contributed by atoms with E-state index >= 15 is 0 Å². The van der Waals surface area contributed by atoms with Gasteiger partial charge in [0.15, 0.2) is 5.78 Å². The van der Waals surface area contributed by atoms with Gasteiger partial charge >= 0.3 is 5.97 Å². The number of hydrogen-bond donors (Lipinski definition) is 0. The van der Waals surface area contributed by atoms with Crippen LogP contribution < -0.4 is 15.2 Å². The minimum absolute atomic E-state index is 0.0363. The first-order valence-electron chi connectivity index (χ1n) is 14.6. The maximum atomic E-state index is 13.3. The Hall–Kier alpha value is -3.95. The fraction of sp³-hybridized carbons (Fsp3) is 0.375. The number of nitrogens with zero attached hydrogens (tertiary/aromatic N) is 5. The van der Waals surface area contributed by atoms with E-state index in [-0.39, 0.29) is 23.7 Å². The molecule has 0 radical (unpaired) electrons. The van der Waals surface area contributed by atoms with Gasteiger partial charge in [-0.2, -0.15) is 0 Å². The van der Waals surface area contributed by atoms with Crippen LogP contribution in [0.2, 0.25) is 5.02 Å². The number of aromatic nitrogens is 3. The molecule has 42 heavy (non-hydrogen) atoms. The number of halogens is 1. The minimum atomic E-state index is -0.280. The summed E-state index contributed by atoms with van der Waals surface area (Å²) in [5, 5.41) is 0.656. The van der Waals surface area contributed by atoms with Gasteiger partial charge in [-0.3, -0.25) is 28.3 Å². The third-order valence-electron chi connectivity index (χ3n) is 8.12. The van der Waals surface area contributed by atoms with Gasteiger partial charge in [0, 0.05) is 79.7 Å². The molecule has 0 aliphatic carbocycles. The number of hydrogen-bond acceptors (Lipinski definition) is 7. The number of fused-ring (bicyclic) bond motifs is 2. The second kappa shape index (κ2) is 12.1. The zero-order chi connectivity index (χ0) is 29.2. The molecule has 0 unspecified atom stereocenters. The summed E-state index contributed by atoms with van der Waals surface area (Å²) in [5.41, 5.74) is 2.95. The topological polar surface area (TPSA) is 89.1 Å². The molecular formula is C32H34ClN5O4. The molecule has 0 atom stereocenters. The van der Waals surface area contributed by atoms with Crippen molar-refractivity contribution in [3.05, 3.63) is 81.2 Å². The zero-order valence-electron chi connectivity index (χ0n) is 23.7. The number of carbonyl (C=O) groups is 2. The summed E-state index contributed by atoms with van der Waals surface area (Å²) >= 11 is 6.08. The lowest BCUT2D eigenvalue weighted by atomic mass is 10.0. The van der Waals surface area contributed by atoms with Gasteiger partial charge in [-0.1, -0.05) is 55.6 Å². The van der Waals surface area contributed by atoms with Gasteiger partial charge < -0.3 is 9.64 Å². The van der Waals surface area contributed by atoms with Gasteiger partial charge in [0.25, 0.3) is 5.56 Å². The number of esters is 1. The molecule has 4 aromatic rings. The Morgan fingerprint density at radius 3 is 2.52 bits per heavy atom. The van der Waals surface area contributed by atoms with Gasteiger partial charge in [0.05, 0.1) is 12.1 Å². The summed E-state index contributed by atoms with van der Waals surface area (Å²) in [6.45, 7) is 6.67. The Kier molecular flexibility index (Phi) is 8.13. The van der Waals surface area contributed by atoms with E-state index in [9.17, 15) is 14.4 Å². The average Bonchev–Trinajstić information content (AvgIpc) is 3.61. The van der Waals surface area contributed by atoms with Crippen LogP contribution in [0.25, 0.3) is 17.0 Å². The van der Waals surface area contributed by atoms with Crippen molar-refractivity contribution in [2.24, 2.45) is 0 Å². The Morgan fingerprint density at radius 2 is 1.76 bits per heavy atom. The van der Waals surface area contributed by atoms with Crippen LogP contribution in [0, 0.1) is 0 Å². The van der Waals surface area contributed by atoms with Crippen LogP contribution in [0.3, 0.4) is 0 Å². The highest BCUT2D eigenvalue weighted by atomic mass is 35.5. The lowest BCUT2D eigenvalue weighted by Gasteiger charge is -2.37. The standard InChI is InChI=1S/C32H34ClN5O4/c1-2-3-4-12-37-29(20-30(40)38-21-26(34-32(37)38)22-7-9-25(33)10-8-22)36-16-14-35(15-17-36)13-11-27(39)23-5-6-24-19-31(41)42-28(24)18-23/h5-10,18,20-21H,2-4,11-17,19H2,1H3. The highest BCUT2D eigenvalue weighted by Crippen LogP contribution is 2.28. The number of ether oxygens (including phenoxy) is 1. The number of Topliss-reactive ketones (excluding diaryl/α,β-unsaturated/α-hetero) is 1. The van der Waals surface area contributed by atoms with E-state index in [2.05, 4.69) is 21.3 Å². The number of rotatable bonds is 10. The van der Waals surface area contributed by atoms with Crippen molar-refractivity contribution in [2.45, 2.75) is 45.6 Å². The average molecular weight is 588 g/mol. The number of ketones is 1. The lowest BCUT2D eigenvalue weighted by molar-refractivity contribution is -0.131. The lowest BCUT2D eigenvalue weighted by Crippen LogP contribution is -2.48. The summed E-state index contributed by atoms with van der Waals surface area (Å²) in [6, 6.07) is 14.5. The normalized spacial score (nSPS) is 15.3. The summed E-state index contributed by atoms with van der Waals surface area (Å²) in [5.74, 6) is 1.79. The highest BCUT2D eigenvalue weighted by Gasteiger charge is 2.24. The Bertz CT molecular complexity index is 1690. The van der Waals surface area contributed by atoms with Crippen molar-refractivity contribution in [2.75, 3.05) is 37.6 Å². The van der Waals surface area contributed by atoms with E-state index in [1.54, 1.807) is 34.9 Å².